The Hall–Kier alpha value is -3.05. The maximum absolute atomic E-state index is 14.0. The number of anilines is 1. The molecule has 1 spiro atoms. The first-order valence-corrected chi connectivity index (χ1v) is 13.1. The minimum absolute atomic E-state index is 0.0827. The van der Waals surface area contributed by atoms with E-state index in [0.29, 0.717) is 17.8 Å². The van der Waals surface area contributed by atoms with Gasteiger partial charge in [0.25, 0.3) is 17.4 Å². The summed E-state index contributed by atoms with van der Waals surface area (Å²) in [5, 5.41) is 13.4. The van der Waals surface area contributed by atoms with Crippen LogP contribution in [0.4, 0.5) is 19.0 Å². The summed E-state index contributed by atoms with van der Waals surface area (Å²) in [6.07, 6.45) is -1.98. The zero-order valence-electron chi connectivity index (χ0n) is 22.0. The fourth-order valence-corrected chi connectivity index (χ4v) is 5.76. The number of benzene rings is 1. The quantitative estimate of drug-likeness (QED) is 0.467. The highest BCUT2D eigenvalue weighted by Gasteiger charge is 2.62. The van der Waals surface area contributed by atoms with Gasteiger partial charge in [0, 0.05) is 39.3 Å². The molecule has 4 rings (SSSR count). The molecule has 0 bridgehead atoms. The molecule has 2 aromatic rings. The highest BCUT2D eigenvalue weighted by molar-refractivity contribution is 6.32. The van der Waals surface area contributed by atoms with E-state index in [0.717, 1.165) is 49.4 Å². The number of amides is 2. The number of pyridine rings is 1. The SMILES string of the molecule is CNC(=O)c1ccc(N2CCC3(CC2)CC3CCN(C)C(=O)C(O)(c2cccc(OC)c2)C(F)(F)F)nc1Cl. The third-order valence-electron chi connectivity index (χ3n) is 8.11. The molecule has 2 fully saturated rings. The second-order valence-corrected chi connectivity index (χ2v) is 10.7. The zero-order valence-corrected chi connectivity index (χ0v) is 22.8. The second-order valence-electron chi connectivity index (χ2n) is 10.3. The molecule has 2 aliphatic rings. The number of methoxy groups -OCH3 is 1. The lowest BCUT2D eigenvalue weighted by atomic mass is 9.89. The number of ether oxygens (including phenoxy) is 1. The summed E-state index contributed by atoms with van der Waals surface area (Å²) in [7, 11) is 4.10. The van der Waals surface area contributed by atoms with Gasteiger partial charge in [0.15, 0.2) is 0 Å². The van der Waals surface area contributed by atoms with E-state index in [4.69, 9.17) is 16.3 Å². The summed E-state index contributed by atoms with van der Waals surface area (Å²) >= 11 is 6.20. The molecule has 2 N–H and O–H groups in total. The van der Waals surface area contributed by atoms with Crippen molar-refractivity contribution in [1.29, 1.82) is 0 Å². The summed E-state index contributed by atoms with van der Waals surface area (Å²) in [5.41, 5.74) is -3.87. The number of aromatic nitrogens is 1. The third-order valence-corrected chi connectivity index (χ3v) is 8.40. The van der Waals surface area contributed by atoms with Crippen molar-refractivity contribution in [2.45, 2.75) is 37.5 Å². The molecule has 39 heavy (non-hydrogen) atoms. The number of alkyl halides is 3. The normalized spacial score (nSPS) is 19.8. The van der Waals surface area contributed by atoms with Gasteiger partial charge in [-0.15, -0.1) is 0 Å². The van der Waals surface area contributed by atoms with Crippen LogP contribution in [-0.4, -0.2) is 73.8 Å². The van der Waals surface area contributed by atoms with Gasteiger partial charge in [0.2, 0.25) is 0 Å². The minimum Gasteiger partial charge on any atom is -0.497 e. The largest absolute Gasteiger partial charge is 0.497 e. The van der Waals surface area contributed by atoms with Gasteiger partial charge in [-0.1, -0.05) is 23.7 Å². The van der Waals surface area contributed by atoms with E-state index in [1.165, 1.54) is 33.3 Å². The van der Waals surface area contributed by atoms with Crippen molar-refractivity contribution < 1.29 is 32.6 Å². The van der Waals surface area contributed by atoms with Gasteiger partial charge < -0.3 is 25.0 Å². The average molecular weight is 569 g/mol. The number of hydrogen-bond donors (Lipinski definition) is 2. The van der Waals surface area contributed by atoms with Gasteiger partial charge in [0.05, 0.1) is 12.7 Å². The molecule has 1 aromatic carbocycles. The number of halogens is 4. The molecule has 2 unspecified atom stereocenters. The monoisotopic (exact) mass is 568 g/mol. The molecule has 2 amide bonds. The van der Waals surface area contributed by atoms with Gasteiger partial charge in [-0.2, -0.15) is 13.2 Å². The fourth-order valence-electron chi connectivity index (χ4n) is 5.52. The van der Waals surface area contributed by atoms with Crippen LogP contribution in [0.1, 0.15) is 41.6 Å². The Kier molecular flexibility index (Phi) is 8.05. The Morgan fingerprint density at radius 3 is 2.54 bits per heavy atom. The zero-order chi connectivity index (χ0) is 28.6. The van der Waals surface area contributed by atoms with Gasteiger partial charge in [0.1, 0.15) is 16.7 Å². The number of aliphatic hydroxyl groups is 1. The van der Waals surface area contributed by atoms with Crippen LogP contribution in [0.5, 0.6) is 5.75 Å². The smallest absolute Gasteiger partial charge is 0.430 e. The highest BCUT2D eigenvalue weighted by atomic mass is 35.5. The Balaban J connectivity index is 1.35. The molecule has 8 nitrogen and oxygen atoms in total. The van der Waals surface area contributed by atoms with Crippen molar-refractivity contribution in [2.24, 2.45) is 11.3 Å². The highest BCUT2D eigenvalue weighted by Crippen LogP contribution is 2.61. The first-order chi connectivity index (χ1) is 18.4. The first-order valence-electron chi connectivity index (χ1n) is 12.7. The van der Waals surface area contributed by atoms with E-state index >= 15 is 0 Å². The molecular weight excluding hydrogens is 537 g/mol. The molecule has 1 aliphatic heterocycles. The van der Waals surface area contributed by atoms with Crippen molar-refractivity contribution in [3.63, 3.8) is 0 Å². The van der Waals surface area contributed by atoms with Crippen molar-refractivity contribution in [1.82, 2.24) is 15.2 Å². The van der Waals surface area contributed by atoms with E-state index < -0.39 is 23.2 Å². The Morgan fingerprint density at radius 2 is 1.95 bits per heavy atom. The van der Waals surface area contributed by atoms with Crippen LogP contribution in [0.2, 0.25) is 5.15 Å². The molecule has 0 radical (unpaired) electrons. The van der Waals surface area contributed by atoms with Crippen molar-refractivity contribution in [3.8, 4) is 5.75 Å². The molecular formula is C27H32ClF3N4O4. The number of likely N-dealkylation sites (N-methyl/N-ethyl adjacent to an activating group) is 1. The summed E-state index contributed by atoms with van der Waals surface area (Å²) < 4.78 is 47.1. The third kappa shape index (κ3) is 5.51. The van der Waals surface area contributed by atoms with E-state index in [2.05, 4.69) is 15.2 Å². The number of piperidine rings is 1. The topological polar surface area (TPSA) is 95.0 Å². The predicted molar refractivity (Wildman–Crippen MR) is 140 cm³/mol. The van der Waals surface area contributed by atoms with Crippen LogP contribution >= 0.6 is 11.6 Å². The van der Waals surface area contributed by atoms with E-state index in [1.54, 1.807) is 12.1 Å². The lowest BCUT2D eigenvalue weighted by Crippen LogP contribution is -2.55. The van der Waals surface area contributed by atoms with Gasteiger partial charge in [-0.25, -0.2) is 4.98 Å². The number of carbonyl (C=O) groups excluding carboxylic acids is 2. The van der Waals surface area contributed by atoms with E-state index in [-0.39, 0.29) is 34.7 Å². The predicted octanol–water partition coefficient (Wildman–Crippen LogP) is 4.01. The average Bonchev–Trinajstić information content (AvgIpc) is 3.60. The summed E-state index contributed by atoms with van der Waals surface area (Å²) in [4.78, 5) is 32.3. The molecule has 1 saturated carbocycles. The molecule has 1 aromatic heterocycles. The first kappa shape index (κ1) is 28.9. The van der Waals surface area contributed by atoms with Crippen molar-refractivity contribution >= 4 is 29.2 Å². The van der Waals surface area contributed by atoms with Crippen LogP contribution in [0.25, 0.3) is 0 Å². The molecule has 2 heterocycles. The minimum atomic E-state index is -5.21. The standard InChI is InChI=1S/C27H32ClF3N4O4/c1-32-23(36)20-7-8-21(33-22(20)28)35-13-10-25(11-14-35)16-18(25)9-12-34(2)24(37)26(38,27(29,30)31)17-5-4-6-19(15-17)39-3/h4-8,15,18,38H,9-14,16H2,1-3H3,(H,32,36). The van der Waals surface area contributed by atoms with E-state index in [9.17, 15) is 27.9 Å². The van der Waals surface area contributed by atoms with Crippen molar-refractivity contribution in [2.75, 3.05) is 45.7 Å². The lowest BCUT2D eigenvalue weighted by Gasteiger charge is -2.35. The van der Waals surface area contributed by atoms with Gasteiger partial charge in [-0.05, 0) is 61.3 Å². The maximum Gasteiger partial charge on any atom is 0.430 e. The summed E-state index contributed by atoms with van der Waals surface area (Å²) in [6.45, 7) is 1.56. The number of hydrogen-bond acceptors (Lipinski definition) is 6. The molecule has 1 aliphatic carbocycles. The fraction of sp³-hybridized carbons (Fsp3) is 0.519. The Bertz CT molecular complexity index is 1240. The molecule has 2 atom stereocenters. The van der Waals surface area contributed by atoms with Crippen LogP contribution in [0, 0.1) is 11.3 Å². The molecule has 212 valence electrons. The maximum atomic E-state index is 14.0. The van der Waals surface area contributed by atoms with Gasteiger partial charge in [-0.3, -0.25) is 9.59 Å². The van der Waals surface area contributed by atoms with E-state index in [1.807, 2.05) is 0 Å². The Labute approximate surface area is 230 Å². The van der Waals surface area contributed by atoms with Crippen LogP contribution in [0.15, 0.2) is 36.4 Å². The van der Waals surface area contributed by atoms with Crippen LogP contribution in [0.3, 0.4) is 0 Å². The number of carbonyl (C=O) groups is 2. The van der Waals surface area contributed by atoms with Crippen molar-refractivity contribution in [3.05, 3.63) is 52.7 Å². The molecule has 1 saturated heterocycles. The van der Waals surface area contributed by atoms with Crippen LogP contribution < -0.4 is 15.0 Å². The summed E-state index contributed by atoms with van der Waals surface area (Å²) in [6, 6.07) is 8.25. The number of nitrogens with zero attached hydrogens (tertiary/aromatic N) is 3. The lowest BCUT2D eigenvalue weighted by molar-refractivity contribution is -0.261. The number of rotatable bonds is 8. The van der Waals surface area contributed by atoms with Gasteiger partial charge >= 0.3 is 6.18 Å². The Morgan fingerprint density at radius 1 is 1.26 bits per heavy atom. The second kappa shape index (κ2) is 10.8. The molecule has 12 heteroatoms. The summed E-state index contributed by atoms with van der Waals surface area (Å²) in [5.74, 6) is -0.655. The number of nitrogens with one attached hydrogen (secondary N) is 1. The van der Waals surface area contributed by atoms with Crippen LogP contribution in [-0.2, 0) is 10.4 Å².